The van der Waals surface area contributed by atoms with Crippen molar-refractivity contribution in [3.05, 3.63) is 319 Å². The van der Waals surface area contributed by atoms with Crippen LogP contribution in [0, 0.1) is 96.9 Å². The molecule has 0 radical (unpaired) electrons. The molecule has 0 spiro atoms. The molecule has 0 aliphatic rings. The molecule has 578 valence electrons. The molecule has 6 nitrogen and oxygen atoms in total. The highest BCUT2D eigenvalue weighted by Crippen LogP contribution is 2.38. The summed E-state index contributed by atoms with van der Waals surface area (Å²) < 4.78 is 11.5. The number of fused-ring (bicyclic) bond motifs is 5. The van der Waals surface area contributed by atoms with Crippen LogP contribution in [0.15, 0.2) is 213 Å². The van der Waals surface area contributed by atoms with Crippen LogP contribution in [-0.4, -0.2) is 4.98 Å². The number of aryl methyl sites for hydroxylation is 14. The number of nitrogens with zero attached hydrogens (tertiary/aromatic N) is 6. The molecular formula is C107H125N6+5. The summed E-state index contributed by atoms with van der Waals surface area (Å²) >= 11 is 0. The molecule has 6 aromatic heterocycles. The lowest BCUT2D eigenvalue weighted by atomic mass is 9.92. The second-order valence-corrected chi connectivity index (χ2v) is 33.6. The van der Waals surface area contributed by atoms with Gasteiger partial charge in [-0.15, -0.1) is 0 Å². The van der Waals surface area contributed by atoms with Crippen LogP contribution in [0.2, 0.25) is 0 Å². The minimum absolute atomic E-state index is 0.551. The number of hydrogen-bond acceptors (Lipinski definition) is 1. The van der Waals surface area contributed by atoms with Crippen molar-refractivity contribution in [3.63, 3.8) is 0 Å². The number of hydrogen-bond donors (Lipinski definition) is 0. The van der Waals surface area contributed by atoms with E-state index in [0.29, 0.717) is 23.7 Å². The summed E-state index contributed by atoms with van der Waals surface area (Å²) in [4.78, 5) is 4.30. The van der Waals surface area contributed by atoms with Gasteiger partial charge in [0.05, 0.1) is 38.1 Å². The third-order valence-corrected chi connectivity index (χ3v) is 24.0. The lowest BCUT2D eigenvalue weighted by Gasteiger charge is -2.14. The van der Waals surface area contributed by atoms with Gasteiger partial charge in [0.1, 0.15) is 35.2 Å². The molecule has 0 atom stereocenters. The van der Waals surface area contributed by atoms with Crippen LogP contribution >= 0.6 is 0 Å². The molecule has 0 unspecified atom stereocenters. The van der Waals surface area contributed by atoms with Gasteiger partial charge >= 0.3 is 0 Å². The van der Waals surface area contributed by atoms with Crippen molar-refractivity contribution in [2.45, 2.75) is 189 Å². The smallest absolute Gasteiger partial charge is 0.222 e. The lowest BCUT2D eigenvalue weighted by molar-refractivity contribution is -0.665. The molecular weight excluding hydrogens is 1370 g/mol. The zero-order valence-corrected chi connectivity index (χ0v) is 73.4. The van der Waals surface area contributed by atoms with Gasteiger partial charge in [-0.2, -0.15) is 22.8 Å². The van der Waals surface area contributed by atoms with Crippen molar-refractivity contribution >= 4 is 53.9 Å². The first-order valence-electron chi connectivity index (χ1n) is 41.0. The average molecular weight is 1500 g/mol. The Balaban J connectivity index is 0.000000140. The molecule has 0 aliphatic heterocycles. The van der Waals surface area contributed by atoms with E-state index in [1.807, 2.05) is 12.4 Å². The molecule has 15 aromatic rings. The predicted octanol–water partition coefficient (Wildman–Crippen LogP) is 25.4. The minimum atomic E-state index is 0.551. The standard InChI is InChI=1S/2C23H28N.C22H26N.C21H24N.C18H19N2/c1-14(2)19-8-9-21-20(13-19)12-17(5)24(7)23(21)22-11-15(3)10-16(4)18(22)6;1-7-18-9-8-16(4)22(13-18)23-21-11-10-19(15(2)3)14-20(21)12-17(5)24(23)6;1-14(2)18-9-10-20-19(13-18)12-17(5)23(6)22(20)21-11-15(3)7-8-16(21)4;1-14(2)17-10-11-20-18(13-17)12-16(4)22(5)21(20)19-9-7-6-8-15(19)3;1-12-5-6-16-15(9-12)10-14(3)20(4)18(16)17-11-19-8-7-13(17)2/h8-14H,1-7H3;8-15H,7H2,1-6H3;7-14H,1-6H3;6-14H,1-5H3;5-11H,1-4H3/q5*+1. The average Bonchev–Trinajstić information content (AvgIpc) is 0.800. The van der Waals surface area contributed by atoms with Gasteiger partial charge in [-0.1, -0.05) is 188 Å². The van der Waals surface area contributed by atoms with Gasteiger partial charge in [0.25, 0.3) is 0 Å². The highest BCUT2D eigenvalue weighted by atomic mass is 15.0. The van der Waals surface area contributed by atoms with Crippen molar-refractivity contribution in [2.75, 3.05) is 0 Å². The highest BCUT2D eigenvalue weighted by Gasteiger charge is 2.27. The first kappa shape index (κ1) is 83.1. The van der Waals surface area contributed by atoms with Crippen molar-refractivity contribution in [2.24, 2.45) is 35.2 Å². The Kier molecular flexibility index (Phi) is 25.8. The van der Waals surface area contributed by atoms with Crippen LogP contribution in [0.4, 0.5) is 0 Å². The summed E-state index contributed by atoms with van der Waals surface area (Å²) in [6.45, 7) is 50.8. The fraction of sp³-hybridized carbons (Fsp3) is 0.308. The normalized spacial score (nSPS) is 11.4. The fourth-order valence-electron chi connectivity index (χ4n) is 16.1. The van der Waals surface area contributed by atoms with Crippen LogP contribution in [0.1, 0.15) is 192 Å². The van der Waals surface area contributed by atoms with Gasteiger partial charge in [-0.05, 0) is 241 Å². The molecule has 6 heteroatoms. The van der Waals surface area contributed by atoms with E-state index in [1.54, 1.807) is 0 Å². The molecule has 6 heterocycles. The Morgan fingerprint density at radius 1 is 0.265 bits per heavy atom. The van der Waals surface area contributed by atoms with Gasteiger partial charge in [-0.25, -0.2) is 0 Å². The van der Waals surface area contributed by atoms with Crippen molar-refractivity contribution in [3.8, 4) is 56.3 Å². The summed E-state index contributed by atoms with van der Waals surface area (Å²) in [5, 5.41) is 13.2. The summed E-state index contributed by atoms with van der Waals surface area (Å²) in [5.74, 6) is 2.21. The Labute approximate surface area is 677 Å². The second-order valence-electron chi connectivity index (χ2n) is 33.6. The van der Waals surface area contributed by atoms with Crippen LogP contribution in [-0.2, 0) is 41.7 Å². The van der Waals surface area contributed by atoms with E-state index in [-0.39, 0.29) is 0 Å². The largest absolute Gasteiger partial charge is 0.264 e. The zero-order chi connectivity index (χ0) is 81.9. The number of rotatable bonds is 10. The minimum Gasteiger partial charge on any atom is -0.264 e. The maximum absolute atomic E-state index is 4.30. The molecule has 15 rings (SSSR count). The maximum atomic E-state index is 4.30. The molecule has 0 aliphatic carbocycles. The van der Waals surface area contributed by atoms with E-state index in [0.717, 1.165) is 6.42 Å². The van der Waals surface area contributed by atoms with Crippen LogP contribution < -0.4 is 22.8 Å². The van der Waals surface area contributed by atoms with Crippen molar-refractivity contribution in [1.29, 1.82) is 0 Å². The summed E-state index contributed by atoms with van der Waals surface area (Å²) in [6.07, 6.45) is 4.88. The van der Waals surface area contributed by atoms with E-state index in [1.165, 1.54) is 217 Å². The number of aromatic nitrogens is 6. The van der Waals surface area contributed by atoms with Gasteiger partial charge in [0.15, 0.2) is 28.5 Å². The number of benzene rings is 9. The molecule has 0 saturated carbocycles. The molecule has 0 fully saturated rings. The highest BCUT2D eigenvalue weighted by molar-refractivity contribution is 5.98. The van der Waals surface area contributed by atoms with E-state index in [9.17, 15) is 0 Å². The third-order valence-electron chi connectivity index (χ3n) is 24.0. The van der Waals surface area contributed by atoms with E-state index in [4.69, 9.17) is 0 Å². The Morgan fingerprint density at radius 2 is 0.584 bits per heavy atom. The monoisotopic (exact) mass is 1490 g/mol. The van der Waals surface area contributed by atoms with E-state index in [2.05, 4.69) is 422 Å². The third kappa shape index (κ3) is 17.8. The molecule has 0 N–H and O–H groups in total. The van der Waals surface area contributed by atoms with Gasteiger partial charge in [-0.3, -0.25) is 4.98 Å². The second kappa shape index (κ2) is 35.1. The van der Waals surface area contributed by atoms with Gasteiger partial charge in [0, 0.05) is 94.0 Å². The first-order valence-corrected chi connectivity index (χ1v) is 41.0. The van der Waals surface area contributed by atoms with Crippen LogP contribution in [0.5, 0.6) is 0 Å². The molecule has 0 amide bonds. The fourth-order valence-corrected chi connectivity index (χ4v) is 16.1. The van der Waals surface area contributed by atoms with E-state index < -0.39 is 0 Å². The van der Waals surface area contributed by atoms with Gasteiger partial charge in [0.2, 0.25) is 28.5 Å². The SMILES string of the molecule is CCc1ccc(C)c(-c2c3ccc(C(C)C)cc3cc(C)[n+]2C)c1.Cc1cc(C)c(C)c(-c2c3ccc(C(C)C)cc3cc(C)[n+]2C)c1.Cc1ccc(C)c(-c2c3ccc(C(C)C)cc3cc(C)[n+]2C)c1.Cc1ccc2c(-c3cnccc3C)[n+](C)c(C)cc2c1.Cc1ccccc1-c1c2ccc(C(C)C)cc2cc(C)[n+]1C. The van der Waals surface area contributed by atoms with Crippen LogP contribution in [0.25, 0.3) is 110 Å². The molecule has 9 aromatic carbocycles. The molecule has 0 bridgehead atoms. The topological polar surface area (TPSA) is 32.3 Å². The number of pyridine rings is 6. The van der Waals surface area contributed by atoms with Gasteiger partial charge < -0.3 is 0 Å². The van der Waals surface area contributed by atoms with E-state index >= 15 is 0 Å². The van der Waals surface area contributed by atoms with Crippen molar-refractivity contribution < 1.29 is 22.8 Å². The molecule has 0 saturated heterocycles. The predicted molar refractivity (Wildman–Crippen MR) is 483 cm³/mol. The Hall–Kier alpha value is -10.8. The first-order chi connectivity index (χ1) is 53.6. The Bertz CT molecular complexity index is 6100. The van der Waals surface area contributed by atoms with Crippen molar-refractivity contribution in [1.82, 2.24) is 4.98 Å². The van der Waals surface area contributed by atoms with Crippen LogP contribution in [0.3, 0.4) is 0 Å². The Morgan fingerprint density at radius 3 is 0.982 bits per heavy atom. The summed E-state index contributed by atoms with van der Waals surface area (Å²) in [6, 6.07) is 74.7. The quantitative estimate of drug-likeness (QED) is 0.126. The summed E-state index contributed by atoms with van der Waals surface area (Å²) in [5.41, 5.74) is 38.3. The maximum Gasteiger partial charge on any atom is 0.222 e. The lowest BCUT2D eigenvalue weighted by Crippen LogP contribution is -2.35. The molecule has 113 heavy (non-hydrogen) atoms. The zero-order valence-electron chi connectivity index (χ0n) is 73.4. The summed E-state index contributed by atoms with van der Waals surface area (Å²) in [7, 11) is 10.8.